The zero-order valence-corrected chi connectivity index (χ0v) is 13.7. The van der Waals surface area contributed by atoms with E-state index in [4.69, 9.17) is 11.6 Å². The van der Waals surface area contributed by atoms with Crippen molar-refractivity contribution in [1.82, 2.24) is 19.8 Å². The molecule has 2 aromatic rings. The molecule has 1 aliphatic heterocycles. The Morgan fingerprint density at radius 1 is 1.26 bits per heavy atom. The van der Waals surface area contributed by atoms with E-state index in [2.05, 4.69) is 14.9 Å². The van der Waals surface area contributed by atoms with Crippen molar-refractivity contribution < 1.29 is 4.79 Å². The van der Waals surface area contributed by atoms with Crippen LogP contribution in [0.25, 0.3) is 0 Å². The molecule has 0 radical (unpaired) electrons. The molecule has 0 saturated carbocycles. The highest BCUT2D eigenvalue weighted by Crippen LogP contribution is 2.19. The van der Waals surface area contributed by atoms with Crippen LogP contribution in [0, 0.1) is 5.92 Å². The van der Waals surface area contributed by atoms with Gasteiger partial charge in [0.25, 0.3) is 0 Å². The first kappa shape index (κ1) is 15.9. The number of imidazole rings is 1. The Morgan fingerprint density at radius 2 is 2.00 bits per heavy atom. The van der Waals surface area contributed by atoms with Gasteiger partial charge in [0.1, 0.15) is 0 Å². The number of carbonyl (C=O) groups excluding carboxylic acids is 1. The minimum atomic E-state index is 0.0148. The second-order valence-corrected chi connectivity index (χ2v) is 6.41. The van der Waals surface area contributed by atoms with Crippen molar-refractivity contribution in [3.8, 4) is 0 Å². The Balaban J connectivity index is 1.42. The van der Waals surface area contributed by atoms with Crippen LogP contribution in [0.15, 0.2) is 43.0 Å². The highest BCUT2D eigenvalue weighted by molar-refractivity contribution is 6.30. The van der Waals surface area contributed by atoms with E-state index in [-0.39, 0.29) is 6.03 Å². The van der Waals surface area contributed by atoms with E-state index < -0.39 is 0 Å². The first-order chi connectivity index (χ1) is 11.2. The summed E-state index contributed by atoms with van der Waals surface area (Å²) in [5.41, 5.74) is 1.05. The SMILES string of the molecule is O=C(NCc1ccc(Cl)cc1)N1CCC(Cn2ccnc2)CC1. The fourth-order valence-electron chi connectivity index (χ4n) is 2.90. The molecule has 2 heterocycles. The van der Waals surface area contributed by atoms with Gasteiger partial charge in [-0.2, -0.15) is 0 Å². The fourth-order valence-corrected chi connectivity index (χ4v) is 3.03. The van der Waals surface area contributed by atoms with Gasteiger partial charge in [-0.3, -0.25) is 0 Å². The Kier molecular flexibility index (Phi) is 5.18. The van der Waals surface area contributed by atoms with Crippen molar-refractivity contribution in [3.05, 3.63) is 53.6 Å². The van der Waals surface area contributed by atoms with Gasteiger partial charge in [-0.05, 0) is 36.5 Å². The maximum atomic E-state index is 12.2. The molecule has 6 heteroatoms. The van der Waals surface area contributed by atoms with Gasteiger partial charge < -0.3 is 14.8 Å². The molecule has 1 aromatic carbocycles. The van der Waals surface area contributed by atoms with Crippen molar-refractivity contribution >= 4 is 17.6 Å². The third-order valence-corrected chi connectivity index (χ3v) is 4.54. The molecule has 0 atom stereocenters. The summed E-state index contributed by atoms with van der Waals surface area (Å²) >= 11 is 5.86. The third kappa shape index (κ3) is 4.48. The molecule has 1 fully saturated rings. The van der Waals surface area contributed by atoms with Gasteiger partial charge in [0.05, 0.1) is 6.33 Å². The van der Waals surface area contributed by atoms with Gasteiger partial charge in [0.2, 0.25) is 0 Å². The number of hydrogen-bond acceptors (Lipinski definition) is 2. The quantitative estimate of drug-likeness (QED) is 0.935. The van der Waals surface area contributed by atoms with Crippen LogP contribution >= 0.6 is 11.6 Å². The topological polar surface area (TPSA) is 50.2 Å². The van der Waals surface area contributed by atoms with Gasteiger partial charge in [0, 0.05) is 43.6 Å². The molecule has 1 saturated heterocycles. The van der Waals surface area contributed by atoms with E-state index >= 15 is 0 Å². The van der Waals surface area contributed by atoms with Crippen LogP contribution in [0.4, 0.5) is 4.79 Å². The van der Waals surface area contributed by atoms with Gasteiger partial charge in [-0.1, -0.05) is 23.7 Å². The number of amides is 2. The minimum absolute atomic E-state index is 0.0148. The Labute approximate surface area is 141 Å². The maximum Gasteiger partial charge on any atom is 0.317 e. The lowest BCUT2D eigenvalue weighted by Crippen LogP contribution is -2.44. The number of piperidine rings is 1. The molecule has 5 nitrogen and oxygen atoms in total. The van der Waals surface area contributed by atoms with E-state index in [1.165, 1.54) is 0 Å². The van der Waals surface area contributed by atoms with Crippen LogP contribution in [0.3, 0.4) is 0 Å². The second-order valence-electron chi connectivity index (χ2n) is 5.98. The standard InChI is InChI=1S/C17H21ClN4O/c18-16-3-1-14(2-4-16)11-20-17(23)22-8-5-15(6-9-22)12-21-10-7-19-13-21/h1-4,7,10,13,15H,5-6,8-9,11-12H2,(H,20,23). The number of aromatic nitrogens is 2. The highest BCUT2D eigenvalue weighted by Gasteiger charge is 2.22. The number of likely N-dealkylation sites (tertiary alicyclic amines) is 1. The molecule has 1 aromatic heterocycles. The normalized spacial score (nSPS) is 15.6. The average Bonchev–Trinajstić information content (AvgIpc) is 3.08. The number of benzene rings is 1. The first-order valence-corrected chi connectivity index (χ1v) is 8.31. The number of carbonyl (C=O) groups is 1. The third-order valence-electron chi connectivity index (χ3n) is 4.29. The first-order valence-electron chi connectivity index (χ1n) is 7.93. The Morgan fingerprint density at radius 3 is 2.65 bits per heavy atom. The average molecular weight is 333 g/mol. The van der Waals surface area contributed by atoms with E-state index in [0.29, 0.717) is 17.5 Å². The van der Waals surface area contributed by atoms with Gasteiger partial charge in [0.15, 0.2) is 0 Å². The largest absolute Gasteiger partial charge is 0.337 e. The smallest absolute Gasteiger partial charge is 0.317 e. The van der Waals surface area contributed by atoms with Crippen LogP contribution in [0.2, 0.25) is 5.02 Å². The lowest BCUT2D eigenvalue weighted by atomic mass is 9.97. The van der Waals surface area contributed by atoms with Crippen LogP contribution < -0.4 is 5.32 Å². The van der Waals surface area contributed by atoms with Crippen molar-refractivity contribution in [2.45, 2.75) is 25.9 Å². The predicted molar refractivity (Wildman–Crippen MR) is 90.2 cm³/mol. The summed E-state index contributed by atoms with van der Waals surface area (Å²) in [6, 6.07) is 7.55. The molecular weight excluding hydrogens is 312 g/mol. The van der Waals surface area contributed by atoms with E-state index in [1.807, 2.05) is 41.7 Å². The zero-order chi connectivity index (χ0) is 16.1. The number of nitrogens with zero attached hydrogens (tertiary/aromatic N) is 3. The Hall–Kier alpha value is -2.01. The summed E-state index contributed by atoms with van der Waals surface area (Å²) in [5, 5.41) is 3.69. The van der Waals surface area contributed by atoms with Crippen LogP contribution in [0.1, 0.15) is 18.4 Å². The molecule has 23 heavy (non-hydrogen) atoms. The van der Waals surface area contributed by atoms with Gasteiger partial charge >= 0.3 is 6.03 Å². The van der Waals surface area contributed by atoms with E-state index in [1.54, 1.807) is 6.20 Å². The predicted octanol–water partition coefficient (Wildman–Crippen LogP) is 3.16. The molecule has 0 unspecified atom stereocenters. The van der Waals surface area contributed by atoms with Crippen LogP contribution in [-0.4, -0.2) is 33.6 Å². The number of hydrogen-bond donors (Lipinski definition) is 1. The van der Waals surface area contributed by atoms with Crippen LogP contribution in [-0.2, 0) is 13.1 Å². The monoisotopic (exact) mass is 332 g/mol. The van der Waals surface area contributed by atoms with Crippen molar-refractivity contribution in [1.29, 1.82) is 0 Å². The van der Waals surface area contributed by atoms with Gasteiger partial charge in [-0.15, -0.1) is 0 Å². The summed E-state index contributed by atoms with van der Waals surface area (Å²) < 4.78 is 2.11. The highest BCUT2D eigenvalue weighted by atomic mass is 35.5. The molecule has 0 spiro atoms. The molecule has 1 aliphatic rings. The number of halogens is 1. The number of urea groups is 1. The lowest BCUT2D eigenvalue weighted by molar-refractivity contribution is 0.165. The summed E-state index contributed by atoms with van der Waals surface area (Å²) in [6.07, 6.45) is 7.72. The minimum Gasteiger partial charge on any atom is -0.337 e. The number of nitrogens with one attached hydrogen (secondary N) is 1. The van der Waals surface area contributed by atoms with E-state index in [0.717, 1.165) is 38.0 Å². The second kappa shape index (κ2) is 7.51. The summed E-state index contributed by atoms with van der Waals surface area (Å²) in [5.74, 6) is 0.615. The molecule has 1 N–H and O–H groups in total. The Bertz CT molecular complexity index is 619. The van der Waals surface area contributed by atoms with Gasteiger partial charge in [-0.25, -0.2) is 9.78 Å². The maximum absolute atomic E-state index is 12.2. The molecular formula is C17H21ClN4O. The summed E-state index contributed by atoms with van der Waals surface area (Å²) in [4.78, 5) is 18.2. The van der Waals surface area contributed by atoms with Crippen LogP contribution in [0.5, 0.6) is 0 Å². The molecule has 122 valence electrons. The van der Waals surface area contributed by atoms with Crippen molar-refractivity contribution in [2.75, 3.05) is 13.1 Å². The van der Waals surface area contributed by atoms with Crippen molar-refractivity contribution in [2.24, 2.45) is 5.92 Å². The van der Waals surface area contributed by atoms with E-state index in [9.17, 15) is 4.79 Å². The molecule has 2 amide bonds. The molecule has 0 aliphatic carbocycles. The fraction of sp³-hybridized carbons (Fsp3) is 0.412. The summed E-state index contributed by atoms with van der Waals surface area (Å²) in [6.45, 7) is 3.14. The molecule has 3 rings (SSSR count). The number of rotatable bonds is 4. The molecule has 0 bridgehead atoms. The van der Waals surface area contributed by atoms with Crippen molar-refractivity contribution in [3.63, 3.8) is 0 Å². The zero-order valence-electron chi connectivity index (χ0n) is 13.0. The summed E-state index contributed by atoms with van der Waals surface area (Å²) in [7, 11) is 0. The lowest BCUT2D eigenvalue weighted by Gasteiger charge is -2.32.